The molecule has 1 aromatic heterocycles. The van der Waals surface area contributed by atoms with Gasteiger partial charge in [0, 0.05) is 17.3 Å². The molecule has 9 heteroatoms. The summed E-state index contributed by atoms with van der Waals surface area (Å²) in [6.07, 6.45) is 1.31. The zero-order valence-electron chi connectivity index (χ0n) is 22.5. The van der Waals surface area contributed by atoms with Crippen LogP contribution in [0.5, 0.6) is 0 Å². The predicted octanol–water partition coefficient (Wildman–Crippen LogP) is 5.93. The lowest BCUT2D eigenvalue weighted by Crippen LogP contribution is -2.41. The number of carbonyl (C=O) groups excluding carboxylic acids is 1. The molecule has 0 bridgehead atoms. The number of carboxylic acids is 1. The van der Waals surface area contributed by atoms with E-state index in [1.54, 1.807) is 0 Å². The number of thiophene rings is 1. The van der Waals surface area contributed by atoms with Crippen LogP contribution in [0, 0.1) is 0 Å². The van der Waals surface area contributed by atoms with Gasteiger partial charge in [-0.15, -0.1) is 11.3 Å². The molecule has 0 atom stereocenters. The normalized spacial score (nSPS) is 17.5. The van der Waals surface area contributed by atoms with Crippen molar-refractivity contribution in [2.45, 2.75) is 51.2 Å². The summed E-state index contributed by atoms with van der Waals surface area (Å²) in [5, 5.41) is 13.9. The van der Waals surface area contributed by atoms with Gasteiger partial charge in [0.1, 0.15) is 6.61 Å². The fourth-order valence-electron chi connectivity index (χ4n) is 4.95. The molecule has 2 aromatic carbocycles. The van der Waals surface area contributed by atoms with Crippen molar-refractivity contribution in [3.63, 3.8) is 0 Å². The quantitative estimate of drug-likeness (QED) is 0.341. The van der Waals surface area contributed by atoms with Gasteiger partial charge in [-0.1, -0.05) is 54.6 Å². The molecule has 0 saturated carbocycles. The highest BCUT2D eigenvalue weighted by atomic mass is 32.1. The third kappa shape index (κ3) is 5.66. The molecular weight excluding hydrogens is 513 g/mol. The first-order chi connectivity index (χ1) is 18.5. The highest BCUT2D eigenvalue weighted by Gasteiger charge is 2.52. The first-order valence-corrected chi connectivity index (χ1v) is 13.9. The third-order valence-electron chi connectivity index (χ3n) is 7.69. The smallest absolute Gasteiger partial charge is 0.481 e. The number of benzene rings is 2. The topological polar surface area (TPSA) is 94.1 Å². The molecule has 202 valence electrons. The Bertz CT molecular complexity index is 1370. The zero-order chi connectivity index (χ0) is 27.8. The number of carboxylic acid groups (broad SMARTS) is 1. The minimum absolute atomic E-state index is 0.0280. The summed E-state index contributed by atoms with van der Waals surface area (Å²) in [4.78, 5) is 24.7. The van der Waals surface area contributed by atoms with Gasteiger partial charge in [0.2, 0.25) is 0 Å². The molecule has 0 unspecified atom stereocenters. The van der Waals surface area contributed by atoms with Crippen LogP contribution in [0.2, 0.25) is 0 Å². The fraction of sp³-hybridized carbons (Fsp3) is 0.333. The lowest BCUT2D eigenvalue weighted by atomic mass is 9.77. The lowest BCUT2D eigenvalue weighted by Gasteiger charge is -2.32. The van der Waals surface area contributed by atoms with Gasteiger partial charge in [-0.2, -0.15) is 0 Å². The Kier molecular flexibility index (Phi) is 7.42. The molecule has 39 heavy (non-hydrogen) atoms. The van der Waals surface area contributed by atoms with Gasteiger partial charge >= 0.3 is 19.2 Å². The Hall–Kier alpha value is -3.40. The number of nitrogens with one attached hydrogen (secondary N) is 1. The van der Waals surface area contributed by atoms with E-state index >= 15 is 0 Å². The molecule has 2 N–H and O–H groups in total. The number of hydrogen-bond donors (Lipinski definition) is 2. The summed E-state index contributed by atoms with van der Waals surface area (Å²) in [6.45, 7) is 8.26. The Morgan fingerprint density at radius 1 is 1.03 bits per heavy atom. The molecule has 2 heterocycles. The van der Waals surface area contributed by atoms with E-state index in [0.717, 1.165) is 21.6 Å². The van der Waals surface area contributed by atoms with Gasteiger partial charge in [0.25, 0.3) is 0 Å². The van der Waals surface area contributed by atoms with Gasteiger partial charge in [-0.05, 0) is 72.4 Å². The molecule has 0 spiro atoms. The Labute approximate surface area is 232 Å². The standard InChI is InChI=1S/C30H32BNO6S/c1-29(2)30(3,4)38-31(37-29)20(13-19-14-21(39-18-19)15-27(33)34)16-32-28(35)36-17-26-24-11-7-5-9-22(24)23-10-6-8-12-25(23)26/h5-14,18,26H,15-17H2,1-4H3,(H,32,35)(H,33,34). The van der Waals surface area contributed by atoms with Crippen LogP contribution in [0.1, 0.15) is 55.2 Å². The highest BCUT2D eigenvalue weighted by molar-refractivity contribution is 7.10. The van der Waals surface area contributed by atoms with Crippen molar-refractivity contribution < 1.29 is 28.7 Å². The highest BCUT2D eigenvalue weighted by Crippen LogP contribution is 2.44. The third-order valence-corrected chi connectivity index (χ3v) is 8.64. The van der Waals surface area contributed by atoms with Crippen LogP contribution in [0.15, 0.2) is 65.4 Å². The zero-order valence-corrected chi connectivity index (χ0v) is 23.3. The maximum absolute atomic E-state index is 12.9. The Morgan fingerprint density at radius 2 is 1.62 bits per heavy atom. The number of ether oxygens (including phenoxy) is 1. The summed E-state index contributed by atoms with van der Waals surface area (Å²) >= 11 is 1.38. The molecule has 5 rings (SSSR count). The van der Waals surface area contributed by atoms with Crippen molar-refractivity contribution in [2.75, 3.05) is 13.2 Å². The number of amides is 1. The van der Waals surface area contributed by atoms with Gasteiger partial charge in [-0.25, -0.2) is 4.79 Å². The van der Waals surface area contributed by atoms with E-state index in [0.29, 0.717) is 5.47 Å². The maximum Gasteiger partial charge on any atom is 0.492 e. The summed E-state index contributed by atoms with van der Waals surface area (Å²) in [7, 11) is -0.674. The van der Waals surface area contributed by atoms with Gasteiger partial charge in [0.15, 0.2) is 0 Å². The SMILES string of the molecule is CC1(C)OB(C(=Cc2csc(CC(=O)O)c2)CNC(=O)OCC2c3ccccc3-c3ccccc32)OC1(C)C. The first-order valence-electron chi connectivity index (χ1n) is 13.0. The largest absolute Gasteiger partial charge is 0.492 e. The first kappa shape index (κ1) is 27.2. The summed E-state index contributed by atoms with van der Waals surface area (Å²) < 4.78 is 18.2. The molecule has 0 radical (unpaired) electrons. The van der Waals surface area contributed by atoms with Gasteiger partial charge in [-0.3, -0.25) is 4.79 Å². The number of aliphatic carboxylic acids is 1. The molecular formula is C30H32BNO6S. The van der Waals surface area contributed by atoms with Gasteiger partial charge in [0.05, 0.1) is 17.6 Å². The van der Waals surface area contributed by atoms with E-state index in [4.69, 9.17) is 19.2 Å². The minimum Gasteiger partial charge on any atom is -0.481 e. The molecule has 1 amide bonds. The number of fused-ring (bicyclic) bond motifs is 3. The molecule has 1 aliphatic carbocycles. The summed E-state index contributed by atoms with van der Waals surface area (Å²) in [6, 6.07) is 18.2. The number of rotatable bonds is 8. The van der Waals surface area contributed by atoms with Gasteiger partial charge < -0.3 is 24.5 Å². The van der Waals surface area contributed by atoms with E-state index < -0.39 is 30.4 Å². The second-order valence-corrected chi connectivity index (χ2v) is 11.9. The van der Waals surface area contributed by atoms with Crippen molar-refractivity contribution in [3.8, 4) is 11.1 Å². The fourth-order valence-corrected chi connectivity index (χ4v) is 5.78. The maximum atomic E-state index is 12.9. The molecule has 2 aliphatic rings. The van der Waals surface area contributed by atoms with Crippen molar-refractivity contribution in [1.82, 2.24) is 5.32 Å². The summed E-state index contributed by atoms with van der Waals surface area (Å²) in [5.74, 6) is -0.907. The minimum atomic E-state index is -0.879. The second kappa shape index (κ2) is 10.6. The Balaban J connectivity index is 1.29. The molecule has 7 nitrogen and oxygen atoms in total. The van der Waals surface area contributed by atoms with Crippen molar-refractivity contribution in [1.29, 1.82) is 0 Å². The predicted molar refractivity (Wildman–Crippen MR) is 153 cm³/mol. The van der Waals surface area contributed by atoms with E-state index in [1.165, 1.54) is 22.5 Å². The molecule has 1 aliphatic heterocycles. The number of hydrogen-bond acceptors (Lipinski definition) is 6. The van der Waals surface area contributed by atoms with E-state index in [9.17, 15) is 9.59 Å². The number of carbonyl (C=O) groups is 2. The monoisotopic (exact) mass is 545 g/mol. The molecule has 1 fully saturated rings. The van der Waals surface area contributed by atoms with Crippen LogP contribution in [0.4, 0.5) is 4.79 Å². The van der Waals surface area contributed by atoms with Crippen LogP contribution < -0.4 is 5.32 Å². The average molecular weight is 545 g/mol. The molecule has 1 saturated heterocycles. The van der Waals surface area contributed by atoms with Crippen molar-refractivity contribution in [2.24, 2.45) is 0 Å². The Morgan fingerprint density at radius 3 is 2.21 bits per heavy atom. The van der Waals surface area contributed by atoms with E-state index in [2.05, 4.69) is 29.6 Å². The molecule has 3 aromatic rings. The van der Waals surface area contributed by atoms with E-state index in [-0.39, 0.29) is 25.5 Å². The van der Waals surface area contributed by atoms with Crippen molar-refractivity contribution in [3.05, 3.63) is 87.0 Å². The van der Waals surface area contributed by atoms with Crippen molar-refractivity contribution >= 4 is 36.6 Å². The van der Waals surface area contributed by atoms with Crippen LogP contribution in [-0.4, -0.2) is 48.6 Å². The van der Waals surface area contributed by atoms with Crippen LogP contribution >= 0.6 is 11.3 Å². The lowest BCUT2D eigenvalue weighted by molar-refractivity contribution is -0.136. The van der Waals surface area contributed by atoms with Crippen LogP contribution in [0.25, 0.3) is 17.2 Å². The average Bonchev–Trinajstić information content (AvgIpc) is 3.51. The van der Waals surface area contributed by atoms with Crippen LogP contribution in [-0.2, 0) is 25.3 Å². The summed E-state index contributed by atoms with van der Waals surface area (Å²) in [5.41, 5.74) is 5.08. The second-order valence-electron chi connectivity index (χ2n) is 10.9. The number of alkyl carbamates (subject to hydrolysis) is 1. The van der Waals surface area contributed by atoms with Crippen LogP contribution in [0.3, 0.4) is 0 Å². The van der Waals surface area contributed by atoms with E-state index in [1.807, 2.05) is 69.5 Å².